The molecule has 0 aromatic heterocycles. The molecule has 1 unspecified atom stereocenters. The predicted octanol–water partition coefficient (Wildman–Crippen LogP) is 1.88. The standard InChI is InChI=1S/C10H20FNO/c1-8(7-13-2)10(11)5-3-9(12)4-6-10/h8-9H,3-7,12H2,1-2H3. The molecule has 0 aromatic carbocycles. The maximum atomic E-state index is 14.2. The SMILES string of the molecule is COCC(C)C1(F)CCC(N)CC1. The van der Waals surface area contributed by atoms with Crippen LogP contribution >= 0.6 is 0 Å². The zero-order chi connectivity index (χ0) is 9.90. The Morgan fingerprint density at radius 2 is 2.08 bits per heavy atom. The van der Waals surface area contributed by atoms with Crippen molar-refractivity contribution in [2.24, 2.45) is 11.7 Å². The maximum absolute atomic E-state index is 14.2. The summed E-state index contributed by atoms with van der Waals surface area (Å²) < 4.78 is 19.2. The quantitative estimate of drug-likeness (QED) is 0.735. The fourth-order valence-electron chi connectivity index (χ4n) is 2.01. The number of alkyl halides is 1. The van der Waals surface area contributed by atoms with Gasteiger partial charge in [0.15, 0.2) is 0 Å². The second-order valence-corrected chi connectivity index (χ2v) is 4.23. The normalized spacial score (nSPS) is 37.4. The highest BCUT2D eigenvalue weighted by Crippen LogP contribution is 2.37. The van der Waals surface area contributed by atoms with Gasteiger partial charge in [-0.15, -0.1) is 0 Å². The third-order valence-electron chi connectivity index (χ3n) is 3.16. The van der Waals surface area contributed by atoms with E-state index in [0.29, 0.717) is 19.4 Å². The molecule has 0 saturated heterocycles. The molecule has 2 nitrogen and oxygen atoms in total. The highest BCUT2D eigenvalue weighted by Gasteiger charge is 2.39. The molecule has 1 saturated carbocycles. The van der Waals surface area contributed by atoms with E-state index >= 15 is 0 Å². The number of hydrogen-bond acceptors (Lipinski definition) is 2. The highest BCUT2D eigenvalue weighted by molar-refractivity contribution is 4.91. The monoisotopic (exact) mass is 189 g/mol. The number of nitrogens with two attached hydrogens (primary N) is 1. The van der Waals surface area contributed by atoms with Crippen LogP contribution in [0.25, 0.3) is 0 Å². The molecular weight excluding hydrogens is 169 g/mol. The molecule has 13 heavy (non-hydrogen) atoms. The lowest BCUT2D eigenvalue weighted by Crippen LogP contribution is -2.41. The van der Waals surface area contributed by atoms with E-state index in [1.807, 2.05) is 6.92 Å². The second-order valence-electron chi connectivity index (χ2n) is 4.23. The summed E-state index contributed by atoms with van der Waals surface area (Å²) in [4.78, 5) is 0. The van der Waals surface area contributed by atoms with E-state index in [9.17, 15) is 4.39 Å². The summed E-state index contributed by atoms with van der Waals surface area (Å²) in [5, 5.41) is 0. The smallest absolute Gasteiger partial charge is 0.115 e. The van der Waals surface area contributed by atoms with E-state index in [1.54, 1.807) is 7.11 Å². The summed E-state index contributed by atoms with van der Waals surface area (Å²) in [6.07, 6.45) is 2.81. The lowest BCUT2D eigenvalue weighted by Gasteiger charge is -2.36. The van der Waals surface area contributed by atoms with Crippen LogP contribution in [0.1, 0.15) is 32.6 Å². The summed E-state index contributed by atoms with van der Waals surface area (Å²) in [6.45, 7) is 2.42. The van der Waals surface area contributed by atoms with Crippen LogP contribution in [0.5, 0.6) is 0 Å². The molecule has 2 N–H and O–H groups in total. The maximum Gasteiger partial charge on any atom is 0.115 e. The Labute approximate surface area is 79.6 Å². The molecule has 1 atom stereocenters. The Morgan fingerprint density at radius 3 is 2.54 bits per heavy atom. The average Bonchev–Trinajstić information content (AvgIpc) is 2.11. The van der Waals surface area contributed by atoms with E-state index in [-0.39, 0.29) is 12.0 Å². The first kappa shape index (κ1) is 10.9. The Balaban J connectivity index is 2.46. The van der Waals surface area contributed by atoms with Crippen LogP contribution < -0.4 is 5.73 Å². The van der Waals surface area contributed by atoms with Crippen LogP contribution in [0.3, 0.4) is 0 Å². The summed E-state index contributed by atoms with van der Waals surface area (Å²) in [6, 6.07) is 0.207. The minimum atomic E-state index is -1.04. The zero-order valence-electron chi connectivity index (χ0n) is 8.55. The van der Waals surface area contributed by atoms with Gasteiger partial charge in [-0.25, -0.2) is 4.39 Å². The Morgan fingerprint density at radius 1 is 1.54 bits per heavy atom. The van der Waals surface area contributed by atoms with E-state index < -0.39 is 5.67 Å². The third kappa shape index (κ3) is 2.64. The topological polar surface area (TPSA) is 35.2 Å². The van der Waals surface area contributed by atoms with Gasteiger partial charge in [0.1, 0.15) is 5.67 Å². The minimum absolute atomic E-state index is 0.00926. The summed E-state index contributed by atoms with van der Waals surface area (Å²) in [5.41, 5.74) is 4.70. The molecule has 0 aromatic rings. The van der Waals surface area contributed by atoms with Crippen molar-refractivity contribution in [3.05, 3.63) is 0 Å². The molecule has 0 aliphatic heterocycles. The van der Waals surface area contributed by atoms with Gasteiger partial charge in [-0.05, 0) is 25.7 Å². The van der Waals surface area contributed by atoms with Gasteiger partial charge >= 0.3 is 0 Å². The average molecular weight is 189 g/mol. The van der Waals surface area contributed by atoms with Crippen LogP contribution in [-0.2, 0) is 4.74 Å². The molecule has 0 amide bonds. The van der Waals surface area contributed by atoms with Crippen molar-refractivity contribution in [3.63, 3.8) is 0 Å². The molecule has 3 heteroatoms. The van der Waals surface area contributed by atoms with Gasteiger partial charge in [-0.1, -0.05) is 6.92 Å². The number of rotatable bonds is 3. The van der Waals surface area contributed by atoms with Gasteiger partial charge in [0.2, 0.25) is 0 Å². The molecule has 0 bridgehead atoms. The molecular formula is C10H20FNO. The van der Waals surface area contributed by atoms with Crippen molar-refractivity contribution in [2.45, 2.75) is 44.3 Å². The predicted molar refractivity (Wildman–Crippen MR) is 51.3 cm³/mol. The van der Waals surface area contributed by atoms with Crippen LogP contribution in [0.4, 0.5) is 4.39 Å². The second kappa shape index (κ2) is 4.38. The Bertz CT molecular complexity index is 155. The zero-order valence-corrected chi connectivity index (χ0v) is 8.55. The summed E-state index contributed by atoms with van der Waals surface area (Å²) >= 11 is 0. The largest absolute Gasteiger partial charge is 0.384 e. The van der Waals surface area contributed by atoms with Gasteiger partial charge < -0.3 is 10.5 Å². The van der Waals surface area contributed by atoms with Crippen molar-refractivity contribution < 1.29 is 9.13 Å². The molecule has 1 aliphatic rings. The lowest BCUT2D eigenvalue weighted by atomic mass is 9.77. The van der Waals surface area contributed by atoms with E-state index in [1.165, 1.54) is 0 Å². The van der Waals surface area contributed by atoms with Gasteiger partial charge in [0.25, 0.3) is 0 Å². The van der Waals surface area contributed by atoms with Crippen molar-refractivity contribution in [1.29, 1.82) is 0 Å². The first-order valence-corrected chi connectivity index (χ1v) is 5.02. The first-order valence-electron chi connectivity index (χ1n) is 5.02. The molecule has 1 fully saturated rings. The molecule has 1 aliphatic carbocycles. The summed E-state index contributed by atoms with van der Waals surface area (Å²) in [7, 11) is 1.62. The van der Waals surface area contributed by atoms with Gasteiger partial charge in [-0.3, -0.25) is 0 Å². The molecule has 0 radical (unpaired) electrons. The molecule has 1 rings (SSSR count). The molecule has 0 heterocycles. The van der Waals surface area contributed by atoms with E-state index in [2.05, 4.69) is 0 Å². The summed E-state index contributed by atoms with van der Waals surface area (Å²) in [5.74, 6) is -0.00926. The van der Waals surface area contributed by atoms with Gasteiger partial charge in [-0.2, -0.15) is 0 Å². The van der Waals surface area contributed by atoms with Crippen molar-refractivity contribution in [3.8, 4) is 0 Å². The fourth-order valence-corrected chi connectivity index (χ4v) is 2.01. The minimum Gasteiger partial charge on any atom is -0.384 e. The van der Waals surface area contributed by atoms with Crippen molar-refractivity contribution in [1.82, 2.24) is 0 Å². The number of ether oxygens (including phenoxy) is 1. The number of hydrogen-bond donors (Lipinski definition) is 1. The van der Waals surface area contributed by atoms with E-state index in [4.69, 9.17) is 10.5 Å². The molecule has 78 valence electrons. The number of methoxy groups -OCH3 is 1. The van der Waals surface area contributed by atoms with Crippen LogP contribution in [0.15, 0.2) is 0 Å². The van der Waals surface area contributed by atoms with Gasteiger partial charge in [0, 0.05) is 19.1 Å². The van der Waals surface area contributed by atoms with Crippen LogP contribution in [0.2, 0.25) is 0 Å². The lowest BCUT2D eigenvalue weighted by molar-refractivity contribution is 0.00172. The Kier molecular flexibility index (Phi) is 3.68. The van der Waals surface area contributed by atoms with Crippen molar-refractivity contribution >= 4 is 0 Å². The molecule has 0 spiro atoms. The van der Waals surface area contributed by atoms with Gasteiger partial charge in [0.05, 0.1) is 6.61 Å². The third-order valence-corrected chi connectivity index (χ3v) is 3.16. The van der Waals surface area contributed by atoms with Crippen LogP contribution in [0, 0.1) is 5.92 Å². The van der Waals surface area contributed by atoms with Crippen LogP contribution in [-0.4, -0.2) is 25.4 Å². The fraction of sp³-hybridized carbons (Fsp3) is 1.00. The van der Waals surface area contributed by atoms with Crippen molar-refractivity contribution in [2.75, 3.05) is 13.7 Å². The first-order chi connectivity index (χ1) is 6.08. The van der Waals surface area contributed by atoms with E-state index in [0.717, 1.165) is 12.8 Å². The highest BCUT2D eigenvalue weighted by atomic mass is 19.1. The number of halogens is 1. The Hall–Kier alpha value is -0.150.